The lowest BCUT2D eigenvalue weighted by molar-refractivity contribution is -0.121. The van der Waals surface area contributed by atoms with Crippen LogP contribution >= 0.6 is 0 Å². The number of carbonyl (C=O) groups excluding carboxylic acids is 1. The van der Waals surface area contributed by atoms with E-state index in [1.807, 2.05) is 13.8 Å². The second-order valence-corrected chi connectivity index (χ2v) is 5.76. The summed E-state index contributed by atoms with van der Waals surface area (Å²) >= 11 is 0. The molecule has 1 heteroatoms. The lowest BCUT2D eigenvalue weighted by Gasteiger charge is -2.04. The van der Waals surface area contributed by atoms with Crippen molar-refractivity contribution in [3.63, 3.8) is 0 Å². The van der Waals surface area contributed by atoms with Crippen LogP contribution in [-0.2, 0) is 4.79 Å². The molecular weight excluding hydrogens is 220 g/mol. The van der Waals surface area contributed by atoms with Crippen LogP contribution in [0.4, 0.5) is 0 Å². The van der Waals surface area contributed by atoms with Gasteiger partial charge in [-0.05, 0) is 19.8 Å². The SMILES string of the molecule is CCCCCCCCC/C=C(\C)CC(=O)C(C)C. The summed E-state index contributed by atoms with van der Waals surface area (Å²) in [6.07, 6.45) is 13.5. The zero-order valence-corrected chi connectivity index (χ0v) is 12.9. The highest BCUT2D eigenvalue weighted by Crippen LogP contribution is 2.12. The van der Waals surface area contributed by atoms with E-state index in [0.29, 0.717) is 12.2 Å². The fraction of sp³-hybridized carbons (Fsp3) is 0.824. The molecule has 0 amide bonds. The van der Waals surface area contributed by atoms with E-state index in [1.54, 1.807) is 0 Å². The number of unbranched alkanes of at least 4 members (excludes halogenated alkanes) is 7. The fourth-order valence-electron chi connectivity index (χ4n) is 2.00. The van der Waals surface area contributed by atoms with Crippen molar-refractivity contribution in [3.8, 4) is 0 Å². The van der Waals surface area contributed by atoms with Crippen molar-refractivity contribution < 1.29 is 4.79 Å². The van der Waals surface area contributed by atoms with Gasteiger partial charge >= 0.3 is 0 Å². The maximum absolute atomic E-state index is 11.5. The average Bonchev–Trinajstić information content (AvgIpc) is 2.32. The molecule has 0 rings (SSSR count). The number of Topliss-reactive ketones (excluding diaryl/α,β-unsaturated/α-hetero) is 1. The maximum Gasteiger partial charge on any atom is 0.139 e. The topological polar surface area (TPSA) is 17.1 Å². The first-order valence-electron chi connectivity index (χ1n) is 7.76. The average molecular weight is 252 g/mol. The quantitative estimate of drug-likeness (QED) is 0.341. The van der Waals surface area contributed by atoms with E-state index < -0.39 is 0 Å². The standard InChI is InChI=1S/C17H32O/c1-5-6-7-8-9-10-11-12-13-16(4)14-17(18)15(2)3/h13,15H,5-12,14H2,1-4H3/b16-13+. The Morgan fingerprint density at radius 1 is 1.00 bits per heavy atom. The van der Waals surface area contributed by atoms with E-state index in [-0.39, 0.29) is 5.92 Å². The van der Waals surface area contributed by atoms with Crippen molar-refractivity contribution in [3.05, 3.63) is 11.6 Å². The summed E-state index contributed by atoms with van der Waals surface area (Å²) in [5, 5.41) is 0. The molecule has 0 saturated heterocycles. The summed E-state index contributed by atoms with van der Waals surface area (Å²) in [5.74, 6) is 0.537. The molecular formula is C17H32O. The predicted octanol–water partition coefficient (Wildman–Crippen LogP) is 5.69. The fourth-order valence-corrected chi connectivity index (χ4v) is 2.00. The summed E-state index contributed by atoms with van der Waals surface area (Å²) in [6.45, 7) is 8.30. The molecule has 0 fully saturated rings. The molecule has 0 saturated carbocycles. The summed E-state index contributed by atoms with van der Waals surface area (Å²) in [5.41, 5.74) is 1.25. The van der Waals surface area contributed by atoms with E-state index in [2.05, 4.69) is 19.9 Å². The highest BCUT2D eigenvalue weighted by molar-refractivity contribution is 5.82. The van der Waals surface area contributed by atoms with Gasteiger partial charge in [-0.15, -0.1) is 0 Å². The molecule has 0 N–H and O–H groups in total. The van der Waals surface area contributed by atoms with Gasteiger partial charge in [0.15, 0.2) is 0 Å². The Bertz CT molecular complexity index is 238. The molecule has 0 spiro atoms. The van der Waals surface area contributed by atoms with Gasteiger partial charge < -0.3 is 0 Å². The van der Waals surface area contributed by atoms with E-state index in [1.165, 1.54) is 50.5 Å². The first-order valence-corrected chi connectivity index (χ1v) is 7.76. The van der Waals surface area contributed by atoms with Gasteiger partial charge in [0.05, 0.1) is 0 Å². The minimum Gasteiger partial charge on any atom is -0.299 e. The zero-order chi connectivity index (χ0) is 13.8. The van der Waals surface area contributed by atoms with Crippen LogP contribution in [-0.4, -0.2) is 5.78 Å². The second kappa shape index (κ2) is 11.5. The van der Waals surface area contributed by atoms with Crippen molar-refractivity contribution in [1.29, 1.82) is 0 Å². The Morgan fingerprint density at radius 3 is 2.11 bits per heavy atom. The van der Waals surface area contributed by atoms with Gasteiger partial charge in [0.1, 0.15) is 5.78 Å². The largest absolute Gasteiger partial charge is 0.299 e. The molecule has 106 valence electrons. The number of ketones is 1. The normalized spacial score (nSPS) is 12.2. The molecule has 0 aliphatic heterocycles. The Labute approximate surface area is 114 Å². The molecule has 18 heavy (non-hydrogen) atoms. The van der Waals surface area contributed by atoms with Gasteiger partial charge in [-0.3, -0.25) is 4.79 Å². The monoisotopic (exact) mass is 252 g/mol. The second-order valence-electron chi connectivity index (χ2n) is 5.76. The number of hydrogen-bond acceptors (Lipinski definition) is 1. The van der Waals surface area contributed by atoms with Crippen molar-refractivity contribution >= 4 is 5.78 Å². The van der Waals surface area contributed by atoms with E-state index in [0.717, 1.165) is 6.42 Å². The molecule has 0 aromatic heterocycles. The van der Waals surface area contributed by atoms with Gasteiger partial charge in [-0.1, -0.05) is 70.9 Å². The Morgan fingerprint density at radius 2 is 1.56 bits per heavy atom. The van der Waals surface area contributed by atoms with Gasteiger partial charge in [0, 0.05) is 12.3 Å². The van der Waals surface area contributed by atoms with Crippen LogP contribution in [0, 0.1) is 5.92 Å². The van der Waals surface area contributed by atoms with Crippen LogP contribution in [0.2, 0.25) is 0 Å². The molecule has 1 nitrogen and oxygen atoms in total. The molecule has 0 bridgehead atoms. The molecule has 0 unspecified atom stereocenters. The first-order chi connectivity index (χ1) is 8.57. The molecule has 0 heterocycles. The number of rotatable bonds is 11. The van der Waals surface area contributed by atoms with Crippen molar-refractivity contribution in [2.24, 2.45) is 5.92 Å². The third kappa shape index (κ3) is 10.6. The van der Waals surface area contributed by atoms with E-state index in [9.17, 15) is 4.79 Å². The van der Waals surface area contributed by atoms with Crippen LogP contribution < -0.4 is 0 Å². The Hall–Kier alpha value is -0.590. The van der Waals surface area contributed by atoms with Crippen LogP contribution in [0.5, 0.6) is 0 Å². The Balaban J connectivity index is 3.48. The smallest absolute Gasteiger partial charge is 0.139 e. The van der Waals surface area contributed by atoms with Gasteiger partial charge in [0.25, 0.3) is 0 Å². The van der Waals surface area contributed by atoms with Gasteiger partial charge in [-0.25, -0.2) is 0 Å². The van der Waals surface area contributed by atoms with E-state index >= 15 is 0 Å². The molecule has 0 atom stereocenters. The lowest BCUT2D eigenvalue weighted by Crippen LogP contribution is -2.06. The van der Waals surface area contributed by atoms with Crippen molar-refractivity contribution in [1.82, 2.24) is 0 Å². The summed E-state index contributed by atoms with van der Waals surface area (Å²) < 4.78 is 0. The lowest BCUT2D eigenvalue weighted by atomic mass is 10.0. The van der Waals surface area contributed by atoms with E-state index in [4.69, 9.17) is 0 Å². The third-order valence-electron chi connectivity index (χ3n) is 3.40. The molecule has 0 aromatic carbocycles. The predicted molar refractivity (Wildman–Crippen MR) is 80.8 cm³/mol. The maximum atomic E-state index is 11.5. The Kier molecular flexibility index (Phi) is 11.1. The van der Waals surface area contributed by atoms with Gasteiger partial charge in [-0.2, -0.15) is 0 Å². The van der Waals surface area contributed by atoms with Gasteiger partial charge in [0.2, 0.25) is 0 Å². The summed E-state index contributed by atoms with van der Waals surface area (Å²) in [4.78, 5) is 11.5. The summed E-state index contributed by atoms with van der Waals surface area (Å²) in [6, 6.07) is 0. The third-order valence-corrected chi connectivity index (χ3v) is 3.40. The molecule has 0 aromatic rings. The van der Waals surface area contributed by atoms with Crippen LogP contribution in [0.1, 0.15) is 85.5 Å². The first kappa shape index (κ1) is 17.4. The minimum atomic E-state index is 0.173. The highest BCUT2D eigenvalue weighted by atomic mass is 16.1. The van der Waals surface area contributed by atoms with Crippen LogP contribution in [0.25, 0.3) is 0 Å². The van der Waals surface area contributed by atoms with Crippen LogP contribution in [0.3, 0.4) is 0 Å². The zero-order valence-electron chi connectivity index (χ0n) is 12.9. The molecule has 0 aliphatic rings. The number of hydrogen-bond donors (Lipinski definition) is 0. The minimum absolute atomic E-state index is 0.173. The highest BCUT2D eigenvalue weighted by Gasteiger charge is 2.06. The summed E-state index contributed by atoms with van der Waals surface area (Å²) in [7, 11) is 0. The van der Waals surface area contributed by atoms with Crippen molar-refractivity contribution in [2.45, 2.75) is 85.5 Å². The molecule has 0 radical (unpaired) electrons. The number of carbonyl (C=O) groups is 1. The molecule has 0 aliphatic carbocycles. The van der Waals surface area contributed by atoms with Crippen LogP contribution in [0.15, 0.2) is 11.6 Å². The number of allylic oxidation sites excluding steroid dienone is 2. The van der Waals surface area contributed by atoms with Crippen molar-refractivity contribution in [2.75, 3.05) is 0 Å².